The van der Waals surface area contributed by atoms with Crippen LogP contribution in [0.4, 0.5) is 17.1 Å². The molecule has 0 saturated carbocycles. The molecule has 0 aliphatic rings. The fourth-order valence-electron chi connectivity index (χ4n) is 3.51. The molecule has 0 atom stereocenters. The third-order valence-electron chi connectivity index (χ3n) is 5.35. The number of aromatic nitrogens is 1. The maximum absolute atomic E-state index is 13.0. The van der Waals surface area contributed by atoms with Crippen LogP contribution in [0.15, 0.2) is 48.5 Å². The lowest BCUT2D eigenvalue weighted by molar-refractivity contribution is 0.101. The number of aryl methyl sites for hydroxylation is 2. The second-order valence-electron chi connectivity index (χ2n) is 7.61. The highest BCUT2D eigenvalue weighted by Gasteiger charge is 2.14. The van der Waals surface area contributed by atoms with Crippen molar-refractivity contribution >= 4 is 52.1 Å². The van der Waals surface area contributed by atoms with Crippen molar-refractivity contribution in [3.8, 4) is 0 Å². The van der Waals surface area contributed by atoms with Crippen molar-refractivity contribution in [3.05, 3.63) is 81.1 Å². The highest BCUT2D eigenvalue weighted by molar-refractivity contribution is 6.33. The number of rotatable bonds is 7. The quantitative estimate of drug-likeness (QED) is 0.382. The highest BCUT2D eigenvalue weighted by atomic mass is 35.5. The fourth-order valence-corrected chi connectivity index (χ4v) is 3.97. The number of hydrogen-bond acceptors (Lipinski definition) is 4. The molecule has 0 aliphatic carbocycles. The van der Waals surface area contributed by atoms with Gasteiger partial charge in [0.05, 0.1) is 0 Å². The second kappa shape index (κ2) is 10.7. The number of nitrogens with zero attached hydrogens (tertiary/aromatic N) is 2. The minimum Gasteiger partial charge on any atom is -0.372 e. The van der Waals surface area contributed by atoms with Crippen molar-refractivity contribution in [2.24, 2.45) is 0 Å². The summed E-state index contributed by atoms with van der Waals surface area (Å²) in [7, 11) is 0. The summed E-state index contributed by atoms with van der Waals surface area (Å²) in [5.74, 6) is -0.594. The first kappa shape index (κ1) is 24.6. The lowest BCUT2D eigenvalue weighted by atomic mass is 10.1. The zero-order valence-corrected chi connectivity index (χ0v) is 20.5. The molecule has 0 saturated heterocycles. The molecule has 3 aromatic rings. The van der Waals surface area contributed by atoms with E-state index in [0.29, 0.717) is 16.9 Å². The molecular formula is C25H26Cl2N4O2. The third-order valence-corrected chi connectivity index (χ3v) is 5.74. The maximum atomic E-state index is 13.0. The fraction of sp³-hybridized carbons (Fsp3) is 0.240. The zero-order valence-electron chi connectivity index (χ0n) is 19.0. The maximum Gasteiger partial charge on any atom is 0.255 e. The van der Waals surface area contributed by atoms with Crippen molar-refractivity contribution in [1.82, 2.24) is 4.98 Å². The van der Waals surface area contributed by atoms with E-state index in [0.717, 1.165) is 29.9 Å². The predicted molar refractivity (Wildman–Crippen MR) is 136 cm³/mol. The van der Waals surface area contributed by atoms with Gasteiger partial charge in [0.2, 0.25) is 0 Å². The van der Waals surface area contributed by atoms with E-state index in [-0.39, 0.29) is 27.7 Å². The minimum absolute atomic E-state index is 0.131. The number of anilines is 3. The minimum atomic E-state index is -0.384. The molecule has 0 aliphatic heterocycles. The molecule has 33 heavy (non-hydrogen) atoms. The summed E-state index contributed by atoms with van der Waals surface area (Å²) < 4.78 is 0. The Balaban J connectivity index is 1.78. The van der Waals surface area contributed by atoms with Crippen LogP contribution >= 0.6 is 23.2 Å². The number of benzene rings is 2. The monoisotopic (exact) mass is 484 g/mol. The summed E-state index contributed by atoms with van der Waals surface area (Å²) in [5.41, 5.74) is 4.87. The van der Waals surface area contributed by atoms with Crippen LogP contribution in [0.3, 0.4) is 0 Å². The van der Waals surface area contributed by atoms with Crippen molar-refractivity contribution < 1.29 is 9.59 Å². The van der Waals surface area contributed by atoms with E-state index in [1.165, 1.54) is 12.1 Å². The zero-order chi connectivity index (χ0) is 24.1. The normalized spacial score (nSPS) is 10.6. The van der Waals surface area contributed by atoms with Gasteiger partial charge in [-0.05, 0) is 81.3 Å². The summed E-state index contributed by atoms with van der Waals surface area (Å²) in [5, 5.41) is 6.02. The van der Waals surface area contributed by atoms with Gasteiger partial charge in [0, 0.05) is 41.3 Å². The Bertz CT molecular complexity index is 1170. The Hall–Kier alpha value is -3.09. The molecule has 0 fully saturated rings. The second-order valence-corrected chi connectivity index (χ2v) is 8.39. The average Bonchev–Trinajstić information content (AvgIpc) is 2.76. The van der Waals surface area contributed by atoms with Crippen molar-refractivity contribution in [2.75, 3.05) is 28.6 Å². The van der Waals surface area contributed by atoms with Gasteiger partial charge in [-0.25, -0.2) is 4.98 Å². The van der Waals surface area contributed by atoms with Gasteiger partial charge in [0.1, 0.15) is 10.3 Å². The lowest BCUT2D eigenvalue weighted by Crippen LogP contribution is -2.22. The van der Waals surface area contributed by atoms with E-state index in [1.807, 2.05) is 38.1 Å². The number of hydrogen-bond donors (Lipinski definition) is 2. The SMILES string of the molecule is CCN(CC)c1ccc(C(=O)Nc2cc(NC(=O)c3cc(Cl)nc(Cl)c3)ccc2C)c(C)c1. The first-order valence-electron chi connectivity index (χ1n) is 10.6. The van der Waals surface area contributed by atoms with Crippen molar-refractivity contribution in [2.45, 2.75) is 27.7 Å². The van der Waals surface area contributed by atoms with E-state index < -0.39 is 0 Å². The number of carbonyl (C=O) groups is 2. The predicted octanol–water partition coefficient (Wildman–Crippen LogP) is 6.36. The van der Waals surface area contributed by atoms with Gasteiger partial charge in [-0.15, -0.1) is 0 Å². The summed E-state index contributed by atoms with van der Waals surface area (Å²) >= 11 is 11.8. The first-order chi connectivity index (χ1) is 15.7. The molecule has 172 valence electrons. The van der Waals surface area contributed by atoms with E-state index in [2.05, 4.69) is 34.4 Å². The van der Waals surface area contributed by atoms with Gasteiger partial charge in [0.15, 0.2) is 0 Å². The average molecular weight is 485 g/mol. The van der Waals surface area contributed by atoms with E-state index in [9.17, 15) is 9.59 Å². The largest absolute Gasteiger partial charge is 0.372 e. The Labute approximate surface area is 203 Å². The summed E-state index contributed by atoms with van der Waals surface area (Å²) in [6.45, 7) is 9.82. The third kappa shape index (κ3) is 6.03. The molecule has 6 nitrogen and oxygen atoms in total. The van der Waals surface area contributed by atoms with Gasteiger partial charge < -0.3 is 15.5 Å². The molecule has 0 unspecified atom stereocenters. The molecule has 2 aromatic carbocycles. The van der Waals surface area contributed by atoms with Crippen molar-refractivity contribution in [1.29, 1.82) is 0 Å². The van der Waals surface area contributed by atoms with Gasteiger partial charge in [-0.1, -0.05) is 29.3 Å². The van der Waals surface area contributed by atoms with Gasteiger partial charge >= 0.3 is 0 Å². The summed E-state index contributed by atoms with van der Waals surface area (Å²) in [6, 6.07) is 14.0. The van der Waals surface area contributed by atoms with Gasteiger partial charge in [-0.3, -0.25) is 9.59 Å². The Morgan fingerprint density at radius 3 is 2.12 bits per heavy atom. The molecule has 0 radical (unpaired) electrons. The van der Waals surface area contributed by atoms with Crippen LogP contribution in [-0.2, 0) is 0 Å². The lowest BCUT2D eigenvalue weighted by Gasteiger charge is -2.22. The highest BCUT2D eigenvalue weighted by Crippen LogP contribution is 2.24. The smallest absolute Gasteiger partial charge is 0.255 e. The van der Waals surface area contributed by atoms with E-state index >= 15 is 0 Å². The number of pyridine rings is 1. The van der Waals surface area contributed by atoms with Crippen LogP contribution in [0.2, 0.25) is 10.3 Å². The number of halogens is 2. The molecule has 0 spiro atoms. The standard InChI is InChI=1S/C25H26Cl2N4O2/c1-5-31(6-2)19-9-10-20(16(4)11-19)25(33)29-21-14-18(8-7-15(21)3)28-24(32)17-12-22(26)30-23(27)13-17/h7-14H,5-6H2,1-4H3,(H,28,32)(H,29,33). The summed E-state index contributed by atoms with van der Waals surface area (Å²) in [6.07, 6.45) is 0. The van der Waals surface area contributed by atoms with E-state index in [1.54, 1.807) is 12.1 Å². The molecule has 2 N–H and O–H groups in total. The number of amides is 2. The topological polar surface area (TPSA) is 74.3 Å². The van der Waals surface area contributed by atoms with Gasteiger partial charge in [-0.2, -0.15) is 0 Å². The molecule has 1 aromatic heterocycles. The molecule has 3 rings (SSSR count). The van der Waals surface area contributed by atoms with Gasteiger partial charge in [0.25, 0.3) is 11.8 Å². The number of nitrogens with one attached hydrogen (secondary N) is 2. The van der Waals surface area contributed by atoms with Crippen LogP contribution in [0, 0.1) is 13.8 Å². The van der Waals surface area contributed by atoms with Crippen LogP contribution in [-0.4, -0.2) is 29.9 Å². The first-order valence-corrected chi connectivity index (χ1v) is 11.4. The Morgan fingerprint density at radius 2 is 1.52 bits per heavy atom. The molecular weight excluding hydrogens is 459 g/mol. The molecule has 8 heteroatoms. The Kier molecular flexibility index (Phi) is 7.95. The number of carbonyl (C=O) groups excluding carboxylic acids is 2. The molecule has 0 bridgehead atoms. The van der Waals surface area contributed by atoms with Crippen LogP contribution in [0.5, 0.6) is 0 Å². The van der Waals surface area contributed by atoms with Crippen LogP contribution in [0.25, 0.3) is 0 Å². The Morgan fingerprint density at radius 1 is 0.848 bits per heavy atom. The molecule has 2 amide bonds. The van der Waals surface area contributed by atoms with Crippen molar-refractivity contribution in [3.63, 3.8) is 0 Å². The van der Waals surface area contributed by atoms with Crippen LogP contribution < -0.4 is 15.5 Å². The molecule has 1 heterocycles. The van der Waals surface area contributed by atoms with Crippen LogP contribution in [0.1, 0.15) is 45.7 Å². The van der Waals surface area contributed by atoms with E-state index in [4.69, 9.17) is 23.2 Å². The summed E-state index contributed by atoms with van der Waals surface area (Å²) in [4.78, 5) is 31.7.